The molecule has 1 saturated heterocycles. The molecule has 2 N–H and O–H groups in total. The highest BCUT2D eigenvalue weighted by molar-refractivity contribution is 7.99. The third kappa shape index (κ3) is 4.63. The van der Waals surface area contributed by atoms with Crippen LogP contribution in [0.15, 0.2) is 41.7 Å². The lowest BCUT2D eigenvalue weighted by Gasteiger charge is -2.43. The van der Waals surface area contributed by atoms with Crippen molar-refractivity contribution in [2.24, 2.45) is 0 Å². The molecule has 5 atom stereocenters. The summed E-state index contributed by atoms with van der Waals surface area (Å²) in [6.07, 6.45) is 1.12. The van der Waals surface area contributed by atoms with Crippen molar-refractivity contribution in [3.63, 3.8) is 0 Å². The summed E-state index contributed by atoms with van der Waals surface area (Å²) in [5, 5.41) is 37.6. The van der Waals surface area contributed by atoms with Gasteiger partial charge in [-0.2, -0.15) is 5.26 Å². The Balaban J connectivity index is 1.67. The molecule has 3 aromatic rings. The van der Waals surface area contributed by atoms with Crippen molar-refractivity contribution in [2.45, 2.75) is 34.7 Å². The second-order valence-electron chi connectivity index (χ2n) is 7.38. The largest absolute Gasteiger partial charge is 0.394 e. The van der Waals surface area contributed by atoms with Gasteiger partial charge in [0.25, 0.3) is 0 Å². The van der Waals surface area contributed by atoms with E-state index < -0.39 is 53.8 Å². The highest BCUT2D eigenvalue weighted by Gasteiger charge is 2.47. The van der Waals surface area contributed by atoms with Gasteiger partial charge in [-0.1, -0.05) is 17.0 Å². The molecule has 0 saturated carbocycles. The normalized spacial score (nSPS) is 24.7. The van der Waals surface area contributed by atoms with E-state index in [9.17, 15) is 23.4 Å². The van der Waals surface area contributed by atoms with E-state index in [0.29, 0.717) is 10.5 Å². The number of aliphatic hydroxyl groups excluding tert-OH is 2. The number of nitriles is 1. The number of hydrogen-bond acceptors (Lipinski definition) is 9. The summed E-state index contributed by atoms with van der Waals surface area (Å²) >= 11 is 1.17. The topological polar surface area (TPSA) is 126 Å². The first-order valence-corrected chi connectivity index (χ1v) is 10.8. The first-order valence-electron chi connectivity index (χ1n) is 9.92. The number of nitrogens with zero attached hydrogens (tertiary/aromatic N) is 5. The van der Waals surface area contributed by atoms with Crippen molar-refractivity contribution in [3.8, 4) is 17.3 Å². The monoisotopic (exact) mass is 493 g/mol. The van der Waals surface area contributed by atoms with Crippen molar-refractivity contribution >= 4 is 11.8 Å². The van der Waals surface area contributed by atoms with Gasteiger partial charge in [0.05, 0.1) is 18.4 Å². The molecule has 0 radical (unpaired) electrons. The molecular formula is C21H18F3N5O4S. The van der Waals surface area contributed by atoms with Gasteiger partial charge in [0.1, 0.15) is 41.6 Å². The van der Waals surface area contributed by atoms with Crippen LogP contribution in [0.3, 0.4) is 0 Å². The maximum absolute atomic E-state index is 13.7. The summed E-state index contributed by atoms with van der Waals surface area (Å²) < 4.78 is 53.4. The summed E-state index contributed by atoms with van der Waals surface area (Å²) in [4.78, 5) is 4.60. The molecule has 13 heteroatoms. The van der Waals surface area contributed by atoms with Gasteiger partial charge >= 0.3 is 0 Å². The van der Waals surface area contributed by atoms with Crippen LogP contribution in [-0.4, -0.2) is 67.7 Å². The first kappa shape index (κ1) is 24.1. The molecule has 4 rings (SSSR count). The Bertz CT molecular complexity index is 1200. The maximum atomic E-state index is 13.7. The molecule has 178 valence electrons. The zero-order valence-electron chi connectivity index (χ0n) is 17.5. The summed E-state index contributed by atoms with van der Waals surface area (Å²) in [7, 11) is 1.40. The Morgan fingerprint density at radius 2 is 1.97 bits per heavy atom. The molecule has 0 amide bonds. The average molecular weight is 493 g/mol. The fourth-order valence-corrected chi connectivity index (χ4v) is 4.84. The number of thioether (sulfide) groups is 1. The Hall–Kier alpha value is -3.02. The smallest absolute Gasteiger partial charge is 0.194 e. The first-order chi connectivity index (χ1) is 16.4. The van der Waals surface area contributed by atoms with Crippen LogP contribution in [0, 0.1) is 28.8 Å². The third-order valence-electron chi connectivity index (χ3n) is 5.29. The number of aliphatic hydroxyl groups is 2. The van der Waals surface area contributed by atoms with Crippen LogP contribution < -0.4 is 0 Å². The van der Waals surface area contributed by atoms with Crippen molar-refractivity contribution in [1.82, 2.24) is 20.0 Å². The summed E-state index contributed by atoms with van der Waals surface area (Å²) in [6.45, 7) is -0.516. The van der Waals surface area contributed by atoms with E-state index in [4.69, 9.17) is 14.7 Å². The van der Waals surface area contributed by atoms with E-state index in [1.54, 1.807) is 6.07 Å². The van der Waals surface area contributed by atoms with Gasteiger partial charge in [-0.25, -0.2) is 17.9 Å². The SMILES string of the molecule is CO[C@@H]1[C@@H](n2cc(-c3cc(F)c(F)c(F)c3)nn2)[C@@H](O)[C@@H](CO)O[C@@H]1Sc1cncc(C#N)c1. The minimum atomic E-state index is -1.60. The summed E-state index contributed by atoms with van der Waals surface area (Å²) in [5.41, 5.74) is -0.450. The Morgan fingerprint density at radius 3 is 2.62 bits per heavy atom. The second-order valence-corrected chi connectivity index (χ2v) is 8.56. The van der Waals surface area contributed by atoms with Crippen LogP contribution in [0.5, 0.6) is 0 Å². The molecule has 1 aromatic carbocycles. The van der Waals surface area contributed by atoms with Crippen LogP contribution in [0.2, 0.25) is 0 Å². The number of rotatable bonds is 6. The minimum Gasteiger partial charge on any atom is -0.394 e. The van der Waals surface area contributed by atoms with Crippen molar-refractivity contribution in [3.05, 3.63) is 59.8 Å². The Kier molecular flexibility index (Phi) is 7.15. The standard InChI is InChI=1S/C21H18F3N5O4S/c1-32-20-18(29-8-15(27-28-29)11-3-13(22)17(24)14(23)4-11)19(31)16(9-30)33-21(20)34-12-2-10(5-25)6-26-7-12/h2-4,6-8,16,18-21,30-31H,9H2,1H3/t16-,18+,19+,20-,21-/m1/s1. The molecule has 1 aliphatic heterocycles. The maximum Gasteiger partial charge on any atom is 0.194 e. The molecule has 1 fully saturated rings. The minimum absolute atomic E-state index is 0.0296. The molecule has 3 heterocycles. The van der Waals surface area contributed by atoms with E-state index in [2.05, 4.69) is 15.3 Å². The number of benzene rings is 1. The Labute approximate surface area is 195 Å². The summed E-state index contributed by atoms with van der Waals surface area (Å²) in [5.74, 6) is -4.36. The molecule has 1 aliphatic rings. The fraction of sp³-hybridized carbons (Fsp3) is 0.333. The van der Waals surface area contributed by atoms with Gasteiger partial charge in [0.15, 0.2) is 17.5 Å². The van der Waals surface area contributed by atoms with E-state index in [1.165, 1.54) is 42.1 Å². The zero-order chi connectivity index (χ0) is 24.4. The molecule has 0 unspecified atom stereocenters. The lowest BCUT2D eigenvalue weighted by atomic mass is 9.97. The summed E-state index contributed by atoms with van der Waals surface area (Å²) in [6, 6.07) is 4.24. The highest BCUT2D eigenvalue weighted by Crippen LogP contribution is 2.39. The molecule has 34 heavy (non-hydrogen) atoms. The van der Waals surface area contributed by atoms with Gasteiger partial charge in [0.2, 0.25) is 0 Å². The molecule has 0 bridgehead atoms. The van der Waals surface area contributed by atoms with Gasteiger partial charge in [0, 0.05) is 30.0 Å². The molecular weight excluding hydrogens is 475 g/mol. The van der Waals surface area contributed by atoms with Crippen LogP contribution in [-0.2, 0) is 9.47 Å². The molecule has 9 nitrogen and oxygen atoms in total. The van der Waals surface area contributed by atoms with Crippen LogP contribution in [0.4, 0.5) is 13.2 Å². The number of pyridine rings is 1. The highest BCUT2D eigenvalue weighted by atomic mass is 32.2. The number of aromatic nitrogens is 4. The molecule has 0 spiro atoms. The van der Waals surface area contributed by atoms with E-state index in [1.807, 2.05) is 6.07 Å². The lowest BCUT2D eigenvalue weighted by molar-refractivity contribution is -0.186. The van der Waals surface area contributed by atoms with Crippen molar-refractivity contribution in [1.29, 1.82) is 5.26 Å². The lowest BCUT2D eigenvalue weighted by Crippen LogP contribution is -2.55. The predicted octanol–water partition coefficient (Wildman–Crippen LogP) is 2.06. The Morgan fingerprint density at radius 1 is 1.24 bits per heavy atom. The van der Waals surface area contributed by atoms with Gasteiger partial charge in [-0.15, -0.1) is 5.10 Å². The van der Waals surface area contributed by atoms with Crippen molar-refractivity contribution in [2.75, 3.05) is 13.7 Å². The number of methoxy groups -OCH3 is 1. The van der Waals surface area contributed by atoms with Crippen molar-refractivity contribution < 1.29 is 32.9 Å². The second kappa shape index (κ2) is 10.1. The quantitative estimate of drug-likeness (QED) is 0.496. The van der Waals surface area contributed by atoms with Crippen LogP contribution in [0.1, 0.15) is 11.6 Å². The number of halogens is 3. The van der Waals surface area contributed by atoms with E-state index in [-0.39, 0.29) is 11.3 Å². The van der Waals surface area contributed by atoms with Crippen LogP contribution >= 0.6 is 11.8 Å². The zero-order valence-corrected chi connectivity index (χ0v) is 18.4. The molecule has 2 aromatic heterocycles. The number of ether oxygens (including phenoxy) is 2. The van der Waals surface area contributed by atoms with Crippen LogP contribution in [0.25, 0.3) is 11.3 Å². The van der Waals surface area contributed by atoms with Gasteiger partial charge in [-0.05, 0) is 18.2 Å². The third-order valence-corrected chi connectivity index (χ3v) is 6.39. The van der Waals surface area contributed by atoms with E-state index in [0.717, 1.165) is 12.1 Å². The van der Waals surface area contributed by atoms with E-state index >= 15 is 0 Å². The average Bonchev–Trinajstić information content (AvgIpc) is 3.32. The van der Waals surface area contributed by atoms with Gasteiger partial charge < -0.3 is 19.7 Å². The fourth-order valence-electron chi connectivity index (χ4n) is 3.65. The van der Waals surface area contributed by atoms with Gasteiger partial charge in [-0.3, -0.25) is 4.98 Å². The predicted molar refractivity (Wildman–Crippen MR) is 112 cm³/mol. The number of hydrogen-bond donors (Lipinski definition) is 2. The molecule has 0 aliphatic carbocycles.